The topological polar surface area (TPSA) is 84.3 Å². The summed E-state index contributed by atoms with van der Waals surface area (Å²) in [6.45, 7) is 1.56. The number of benzene rings is 1. The predicted molar refractivity (Wildman–Crippen MR) is 62.9 cm³/mol. The van der Waals surface area contributed by atoms with Crippen LogP contribution in [0.2, 0.25) is 0 Å². The maximum Gasteiger partial charge on any atom is 0.314 e. The number of carboxylic acids is 1. The van der Waals surface area contributed by atoms with Gasteiger partial charge in [-0.3, -0.25) is 4.79 Å². The quantitative estimate of drug-likeness (QED) is 0.709. The molecule has 16 heavy (non-hydrogen) atoms. The van der Waals surface area contributed by atoms with Crippen LogP contribution >= 0.6 is 0 Å². The zero-order valence-electron chi connectivity index (χ0n) is 9.28. The van der Waals surface area contributed by atoms with Gasteiger partial charge in [-0.1, -0.05) is 30.3 Å². The normalized spacial score (nSPS) is 18.5. The van der Waals surface area contributed by atoms with E-state index in [-0.39, 0.29) is 6.15 Å². The van der Waals surface area contributed by atoms with Crippen LogP contribution in [0.5, 0.6) is 0 Å². The van der Waals surface area contributed by atoms with Crippen LogP contribution in [-0.4, -0.2) is 24.2 Å². The molecule has 4 nitrogen and oxygen atoms in total. The molecule has 0 saturated carbocycles. The molecular formula is C12H18N2O2. The second-order valence-corrected chi connectivity index (χ2v) is 4.00. The van der Waals surface area contributed by atoms with E-state index in [1.54, 1.807) is 0 Å². The Morgan fingerprint density at radius 1 is 1.19 bits per heavy atom. The second-order valence-electron chi connectivity index (χ2n) is 4.00. The van der Waals surface area contributed by atoms with Crippen LogP contribution in [0.4, 0.5) is 0 Å². The van der Waals surface area contributed by atoms with Crippen molar-refractivity contribution in [2.75, 3.05) is 13.1 Å². The molecule has 88 valence electrons. The number of piperidine rings is 1. The molecule has 1 aliphatic rings. The zero-order chi connectivity index (χ0) is 10.7. The number of rotatable bonds is 2. The Bertz CT molecular complexity index is 345. The summed E-state index contributed by atoms with van der Waals surface area (Å²) in [5, 5.41) is 12.6. The van der Waals surface area contributed by atoms with Gasteiger partial charge in [0.1, 0.15) is 0 Å². The summed E-state index contributed by atoms with van der Waals surface area (Å²) in [6, 6.07) is 9.56. The van der Waals surface area contributed by atoms with Crippen molar-refractivity contribution in [2.45, 2.75) is 18.3 Å². The fourth-order valence-electron chi connectivity index (χ4n) is 2.24. The first-order valence-electron chi connectivity index (χ1n) is 5.25. The average molecular weight is 222 g/mol. The van der Waals surface area contributed by atoms with Crippen LogP contribution in [-0.2, 0) is 10.2 Å². The number of hydrogen-bond donors (Lipinski definition) is 3. The largest absolute Gasteiger partial charge is 0.481 e. The molecule has 0 atom stereocenters. The van der Waals surface area contributed by atoms with E-state index < -0.39 is 11.4 Å². The Labute approximate surface area is 95.3 Å². The fraction of sp³-hybridized carbons (Fsp3) is 0.417. The van der Waals surface area contributed by atoms with Gasteiger partial charge in [0.25, 0.3) is 0 Å². The van der Waals surface area contributed by atoms with Crippen molar-refractivity contribution in [3.63, 3.8) is 0 Å². The zero-order valence-corrected chi connectivity index (χ0v) is 9.28. The van der Waals surface area contributed by atoms with Crippen molar-refractivity contribution >= 4 is 5.97 Å². The van der Waals surface area contributed by atoms with Crippen LogP contribution in [0.1, 0.15) is 18.4 Å². The first-order chi connectivity index (χ1) is 7.26. The highest BCUT2D eigenvalue weighted by molar-refractivity contribution is 5.81. The molecule has 1 saturated heterocycles. The molecule has 0 unspecified atom stereocenters. The smallest absolute Gasteiger partial charge is 0.314 e. The lowest BCUT2D eigenvalue weighted by Gasteiger charge is -2.34. The van der Waals surface area contributed by atoms with Gasteiger partial charge in [-0.15, -0.1) is 0 Å². The van der Waals surface area contributed by atoms with Gasteiger partial charge in [-0.25, -0.2) is 0 Å². The lowest BCUT2D eigenvalue weighted by atomic mass is 9.73. The van der Waals surface area contributed by atoms with Crippen molar-refractivity contribution in [3.8, 4) is 0 Å². The van der Waals surface area contributed by atoms with Gasteiger partial charge in [-0.05, 0) is 31.5 Å². The molecule has 1 aliphatic heterocycles. The second kappa shape index (κ2) is 5.09. The third-order valence-electron chi connectivity index (χ3n) is 3.19. The Hall–Kier alpha value is -1.39. The maximum atomic E-state index is 11.4. The fourth-order valence-corrected chi connectivity index (χ4v) is 2.24. The summed E-state index contributed by atoms with van der Waals surface area (Å²) in [6.07, 6.45) is 1.35. The van der Waals surface area contributed by atoms with Gasteiger partial charge in [0, 0.05) is 0 Å². The van der Waals surface area contributed by atoms with E-state index in [1.165, 1.54) is 0 Å². The maximum absolute atomic E-state index is 11.4. The molecule has 2 rings (SSSR count). The van der Waals surface area contributed by atoms with Crippen LogP contribution in [0.25, 0.3) is 0 Å². The van der Waals surface area contributed by atoms with Crippen molar-refractivity contribution in [2.24, 2.45) is 0 Å². The van der Waals surface area contributed by atoms with E-state index >= 15 is 0 Å². The standard InChI is InChI=1S/C12H15NO2.H3N/c14-11(15)12(6-8-13-9-7-12)10-4-2-1-3-5-10;/h1-5,13H,6-9H2,(H,14,15);1H3. The Balaban J connectivity index is 0.00000128. The minimum absolute atomic E-state index is 0. The van der Waals surface area contributed by atoms with Gasteiger partial charge in [-0.2, -0.15) is 0 Å². The van der Waals surface area contributed by atoms with Crippen LogP contribution in [0.15, 0.2) is 30.3 Å². The van der Waals surface area contributed by atoms with E-state index in [2.05, 4.69) is 5.32 Å². The van der Waals surface area contributed by atoms with Crippen molar-refractivity contribution < 1.29 is 9.90 Å². The number of hydrogen-bond acceptors (Lipinski definition) is 3. The average Bonchev–Trinajstić information content (AvgIpc) is 2.31. The van der Waals surface area contributed by atoms with E-state index in [1.807, 2.05) is 30.3 Å². The monoisotopic (exact) mass is 222 g/mol. The lowest BCUT2D eigenvalue weighted by Crippen LogP contribution is -2.45. The summed E-state index contributed by atoms with van der Waals surface area (Å²) in [4.78, 5) is 11.4. The molecule has 0 aromatic heterocycles. The van der Waals surface area contributed by atoms with E-state index in [9.17, 15) is 9.90 Å². The molecule has 1 heterocycles. The lowest BCUT2D eigenvalue weighted by molar-refractivity contribution is -0.145. The third-order valence-corrected chi connectivity index (χ3v) is 3.19. The summed E-state index contributed by atoms with van der Waals surface area (Å²) in [5.74, 6) is -0.699. The van der Waals surface area contributed by atoms with Crippen LogP contribution < -0.4 is 11.5 Å². The van der Waals surface area contributed by atoms with E-state index in [4.69, 9.17) is 0 Å². The van der Waals surface area contributed by atoms with Gasteiger partial charge in [0.15, 0.2) is 0 Å². The highest BCUT2D eigenvalue weighted by atomic mass is 16.4. The number of carboxylic acid groups (broad SMARTS) is 1. The molecule has 1 aromatic rings. The molecule has 0 amide bonds. The molecular weight excluding hydrogens is 204 g/mol. The highest BCUT2D eigenvalue weighted by Crippen LogP contribution is 2.33. The minimum Gasteiger partial charge on any atom is -0.481 e. The third kappa shape index (κ3) is 2.08. The summed E-state index contributed by atoms with van der Waals surface area (Å²) < 4.78 is 0. The molecule has 0 bridgehead atoms. The Morgan fingerprint density at radius 3 is 2.25 bits per heavy atom. The van der Waals surface area contributed by atoms with Gasteiger partial charge in [0.05, 0.1) is 5.41 Å². The Morgan fingerprint density at radius 2 is 1.75 bits per heavy atom. The summed E-state index contributed by atoms with van der Waals surface area (Å²) >= 11 is 0. The number of carbonyl (C=O) groups is 1. The minimum atomic E-state index is -0.699. The summed E-state index contributed by atoms with van der Waals surface area (Å²) in [5.41, 5.74) is 0.256. The molecule has 0 radical (unpaired) electrons. The van der Waals surface area contributed by atoms with Gasteiger partial charge in [0.2, 0.25) is 0 Å². The van der Waals surface area contributed by atoms with Crippen molar-refractivity contribution in [3.05, 3.63) is 35.9 Å². The first-order valence-corrected chi connectivity index (χ1v) is 5.25. The molecule has 4 heteroatoms. The van der Waals surface area contributed by atoms with Gasteiger partial charge >= 0.3 is 5.97 Å². The molecule has 1 aromatic carbocycles. The number of nitrogens with one attached hydrogen (secondary N) is 1. The molecule has 1 fully saturated rings. The van der Waals surface area contributed by atoms with E-state index in [0.29, 0.717) is 12.8 Å². The van der Waals surface area contributed by atoms with Crippen LogP contribution in [0, 0.1) is 0 Å². The molecule has 0 aliphatic carbocycles. The highest BCUT2D eigenvalue weighted by Gasteiger charge is 2.40. The SMILES string of the molecule is N.O=C(O)C1(c2ccccc2)CCNCC1. The van der Waals surface area contributed by atoms with Crippen molar-refractivity contribution in [1.82, 2.24) is 11.5 Å². The van der Waals surface area contributed by atoms with Crippen molar-refractivity contribution in [1.29, 1.82) is 0 Å². The first kappa shape index (κ1) is 12.7. The Kier molecular flexibility index (Phi) is 4.04. The molecule has 5 N–H and O–H groups in total. The van der Waals surface area contributed by atoms with Gasteiger partial charge < -0.3 is 16.6 Å². The number of aliphatic carboxylic acids is 1. The molecule has 0 spiro atoms. The van der Waals surface area contributed by atoms with Crippen LogP contribution in [0.3, 0.4) is 0 Å². The predicted octanol–water partition coefficient (Wildman–Crippen LogP) is 1.55. The summed E-state index contributed by atoms with van der Waals surface area (Å²) in [7, 11) is 0. The van der Waals surface area contributed by atoms with E-state index in [0.717, 1.165) is 18.7 Å².